The molecule has 1 aromatic carbocycles. The molecule has 0 bridgehead atoms. The molecular weight excluding hydrogens is 254 g/mol. The van der Waals surface area contributed by atoms with Crippen molar-refractivity contribution >= 4 is 12.4 Å². The molecule has 1 aromatic rings. The highest BCUT2D eigenvalue weighted by atomic mass is 16.5. The van der Waals surface area contributed by atoms with Gasteiger partial charge in [0.25, 0.3) is 0 Å². The van der Waals surface area contributed by atoms with Gasteiger partial charge in [0.15, 0.2) is 0 Å². The number of carbonyl (C=O) groups excluding carboxylic acids is 2. The van der Waals surface area contributed by atoms with E-state index >= 15 is 0 Å². The van der Waals surface area contributed by atoms with E-state index in [-0.39, 0.29) is 12.6 Å². The van der Waals surface area contributed by atoms with Gasteiger partial charge >= 0.3 is 6.09 Å². The summed E-state index contributed by atoms with van der Waals surface area (Å²) in [5, 5.41) is 2.75. The van der Waals surface area contributed by atoms with E-state index in [1.54, 1.807) is 0 Å². The molecule has 0 saturated heterocycles. The standard InChI is InChI=1S/C16H19NO3/c1-16(12-18)10-6-5-9-14(16)17-15(19)20-11-13-7-3-2-4-8-13/h2-5,7-9,12,14H,6,10-11H2,1H3,(H,17,19)/t14-,16-/m0/s1. The topological polar surface area (TPSA) is 55.4 Å². The number of hydrogen-bond acceptors (Lipinski definition) is 3. The molecule has 0 fully saturated rings. The smallest absolute Gasteiger partial charge is 0.407 e. The summed E-state index contributed by atoms with van der Waals surface area (Å²) >= 11 is 0. The molecule has 0 unspecified atom stereocenters. The maximum Gasteiger partial charge on any atom is 0.407 e. The van der Waals surface area contributed by atoms with Crippen LogP contribution in [0.2, 0.25) is 0 Å². The average Bonchev–Trinajstić information content (AvgIpc) is 2.49. The molecule has 0 spiro atoms. The summed E-state index contributed by atoms with van der Waals surface area (Å²) in [6, 6.07) is 9.17. The second-order valence-corrected chi connectivity index (χ2v) is 5.27. The van der Waals surface area contributed by atoms with Crippen molar-refractivity contribution in [3.63, 3.8) is 0 Å². The summed E-state index contributed by atoms with van der Waals surface area (Å²) in [5.41, 5.74) is 0.375. The van der Waals surface area contributed by atoms with Crippen LogP contribution in [0, 0.1) is 5.41 Å². The van der Waals surface area contributed by atoms with E-state index in [2.05, 4.69) is 5.32 Å². The van der Waals surface area contributed by atoms with Gasteiger partial charge in [0.2, 0.25) is 0 Å². The van der Waals surface area contributed by atoms with E-state index in [1.165, 1.54) is 0 Å². The predicted molar refractivity (Wildman–Crippen MR) is 76.1 cm³/mol. The van der Waals surface area contributed by atoms with Gasteiger partial charge in [0, 0.05) is 5.41 Å². The van der Waals surface area contributed by atoms with Crippen LogP contribution in [0.15, 0.2) is 42.5 Å². The average molecular weight is 273 g/mol. The SMILES string of the molecule is C[C@@]1(C=O)CCC=C[C@@H]1NC(=O)OCc1ccccc1. The van der Waals surface area contributed by atoms with Gasteiger partial charge in [-0.15, -0.1) is 0 Å². The summed E-state index contributed by atoms with van der Waals surface area (Å²) in [4.78, 5) is 23.0. The maximum atomic E-state index is 11.8. The summed E-state index contributed by atoms with van der Waals surface area (Å²) in [6.07, 6.45) is 5.84. The number of hydrogen-bond donors (Lipinski definition) is 1. The molecule has 0 aromatic heterocycles. The fourth-order valence-electron chi connectivity index (χ4n) is 2.24. The number of rotatable bonds is 4. The van der Waals surface area contributed by atoms with Crippen LogP contribution in [0.25, 0.3) is 0 Å². The van der Waals surface area contributed by atoms with Crippen molar-refractivity contribution in [3.05, 3.63) is 48.0 Å². The lowest BCUT2D eigenvalue weighted by molar-refractivity contribution is -0.116. The molecule has 1 aliphatic rings. The van der Waals surface area contributed by atoms with E-state index in [9.17, 15) is 9.59 Å². The Balaban J connectivity index is 1.89. The van der Waals surface area contributed by atoms with Gasteiger partial charge in [0.1, 0.15) is 12.9 Å². The first kappa shape index (κ1) is 14.3. The second kappa shape index (κ2) is 6.37. The van der Waals surface area contributed by atoms with E-state index < -0.39 is 11.5 Å². The largest absolute Gasteiger partial charge is 0.445 e. The van der Waals surface area contributed by atoms with Crippen LogP contribution in [0.1, 0.15) is 25.3 Å². The molecule has 0 heterocycles. The number of amides is 1. The first-order valence-electron chi connectivity index (χ1n) is 6.74. The van der Waals surface area contributed by atoms with E-state index in [1.807, 2.05) is 49.4 Å². The van der Waals surface area contributed by atoms with Crippen molar-refractivity contribution in [1.29, 1.82) is 0 Å². The van der Waals surface area contributed by atoms with Crippen LogP contribution < -0.4 is 5.32 Å². The Morgan fingerprint density at radius 1 is 1.45 bits per heavy atom. The third kappa shape index (κ3) is 3.47. The van der Waals surface area contributed by atoms with Crippen molar-refractivity contribution in [3.8, 4) is 0 Å². The Hall–Kier alpha value is -2.10. The minimum atomic E-state index is -0.555. The number of allylic oxidation sites excluding steroid dienone is 1. The van der Waals surface area contributed by atoms with Gasteiger partial charge in [-0.25, -0.2) is 4.79 Å². The van der Waals surface area contributed by atoms with Crippen molar-refractivity contribution in [1.82, 2.24) is 5.32 Å². The van der Waals surface area contributed by atoms with Crippen LogP contribution in [0.3, 0.4) is 0 Å². The third-order valence-corrected chi connectivity index (χ3v) is 3.64. The zero-order chi connectivity index (χ0) is 14.4. The van der Waals surface area contributed by atoms with Crippen molar-refractivity contribution in [2.45, 2.75) is 32.4 Å². The minimum Gasteiger partial charge on any atom is -0.445 e. The van der Waals surface area contributed by atoms with E-state index in [0.29, 0.717) is 0 Å². The monoisotopic (exact) mass is 273 g/mol. The Labute approximate surface area is 118 Å². The fourth-order valence-corrected chi connectivity index (χ4v) is 2.24. The number of carbonyl (C=O) groups is 2. The van der Waals surface area contributed by atoms with Gasteiger partial charge in [-0.2, -0.15) is 0 Å². The molecule has 4 heteroatoms. The van der Waals surface area contributed by atoms with Crippen LogP contribution in [-0.2, 0) is 16.1 Å². The van der Waals surface area contributed by atoms with Gasteiger partial charge in [0.05, 0.1) is 6.04 Å². The molecule has 0 aliphatic heterocycles. The predicted octanol–water partition coefficient (Wildman–Crippen LogP) is 2.84. The number of ether oxygens (including phenoxy) is 1. The maximum absolute atomic E-state index is 11.8. The van der Waals surface area contributed by atoms with Crippen LogP contribution >= 0.6 is 0 Å². The summed E-state index contributed by atoms with van der Waals surface area (Å²) in [6.45, 7) is 2.08. The lowest BCUT2D eigenvalue weighted by Crippen LogP contribution is -2.47. The van der Waals surface area contributed by atoms with Crippen LogP contribution in [0.4, 0.5) is 4.79 Å². The van der Waals surface area contributed by atoms with E-state index in [4.69, 9.17) is 4.74 Å². The molecule has 2 rings (SSSR count). The normalized spacial score (nSPS) is 24.9. The lowest BCUT2D eigenvalue weighted by atomic mass is 9.76. The van der Waals surface area contributed by atoms with Crippen molar-refractivity contribution in [2.75, 3.05) is 0 Å². The zero-order valence-electron chi connectivity index (χ0n) is 11.5. The van der Waals surface area contributed by atoms with Gasteiger partial charge < -0.3 is 14.8 Å². The van der Waals surface area contributed by atoms with Crippen molar-refractivity contribution in [2.24, 2.45) is 5.41 Å². The summed E-state index contributed by atoms with van der Waals surface area (Å²) in [5.74, 6) is 0. The number of nitrogens with one attached hydrogen (secondary N) is 1. The van der Waals surface area contributed by atoms with Gasteiger partial charge in [-0.1, -0.05) is 49.4 Å². The van der Waals surface area contributed by atoms with Gasteiger partial charge in [-0.3, -0.25) is 0 Å². The number of benzene rings is 1. The molecule has 106 valence electrons. The van der Waals surface area contributed by atoms with Crippen LogP contribution in [0.5, 0.6) is 0 Å². The molecule has 1 aliphatic carbocycles. The molecule has 4 nitrogen and oxygen atoms in total. The van der Waals surface area contributed by atoms with E-state index in [0.717, 1.165) is 24.7 Å². The highest BCUT2D eigenvalue weighted by Gasteiger charge is 2.35. The summed E-state index contributed by atoms with van der Waals surface area (Å²) in [7, 11) is 0. The fraction of sp³-hybridized carbons (Fsp3) is 0.375. The summed E-state index contributed by atoms with van der Waals surface area (Å²) < 4.78 is 5.17. The molecule has 0 radical (unpaired) electrons. The Morgan fingerprint density at radius 3 is 2.90 bits per heavy atom. The highest BCUT2D eigenvalue weighted by Crippen LogP contribution is 2.30. The lowest BCUT2D eigenvalue weighted by Gasteiger charge is -2.33. The molecule has 1 amide bonds. The zero-order valence-corrected chi connectivity index (χ0v) is 11.5. The molecule has 0 saturated carbocycles. The first-order chi connectivity index (χ1) is 9.64. The molecular formula is C16H19NO3. The number of aldehydes is 1. The molecule has 20 heavy (non-hydrogen) atoms. The first-order valence-corrected chi connectivity index (χ1v) is 6.74. The third-order valence-electron chi connectivity index (χ3n) is 3.64. The second-order valence-electron chi connectivity index (χ2n) is 5.27. The Kier molecular flexibility index (Phi) is 4.56. The van der Waals surface area contributed by atoms with Crippen molar-refractivity contribution < 1.29 is 14.3 Å². The molecule has 1 N–H and O–H groups in total. The van der Waals surface area contributed by atoms with Gasteiger partial charge in [-0.05, 0) is 18.4 Å². The molecule has 2 atom stereocenters. The Bertz CT molecular complexity index is 498. The Morgan fingerprint density at radius 2 is 2.20 bits per heavy atom. The quantitative estimate of drug-likeness (QED) is 0.678. The minimum absolute atomic E-state index is 0.223. The van der Waals surface area contributed by atoms with Crippen LogP contribution in [-0.4, -0.2) is 18.4 Å². The highest BCUT2D eigenvalue weighted by molar-refractivity contribution is 5.70. The number of alkyl carbamates (subject to hydrolysis) is 1.